The summed E-state index contributed by atoms with van der Waals surface area (Å²) in [6.07, 6.45) is 6.34. The number of rotatable bonds is 6. The van der Waals surface area contributed by atoms with E-state index in [4.69, 9.17) is 0 Å². The van der Waals surface area contributed by atoms with Gasteiger partial charge in [-0.1, -0.05) is 20.3 Å². The van der Waals surface area contributed by atoms with Gasteiger partial charge >= 0.3 is 0 Å². The Morgan fingerprint density at radius 1 is 1.46 bits per heavy atom. The van der Waals surface area contributed by atoms with Gasteiger partial charge < -0.3 is 15.3 Å². The molecule has 0 saturated carbocycles. The van der Waals surface area contributed by atoms with Crippen LogP contribution in [0.5, 0.6) is 0 Å². The maximum Gasteiger partial charge on any atom is 0.225 e. The summed E-state index contributed by atoms with van der Waals surface area (Å²) in [4.78, 5) is 16.0. The molecule has 2 N–H and O–H groups in total. The Labute approximate surface area is 160 Å². The number of fused-ring (bicyclic) bond motifs is 1. The molecule has 1 fully saturated rings. The first-order valence-corrected chi connectivity index (χ1v) is 10.6. The van der Waals surface area contributed by atoms with E-state index in [0.29, 0.717) is 6.42 Å². The molecule has 0 radical (unpaired) electrons. The third-order valence-electron chi connectivity index (χ3n) is 5.66. The average molecular weight is 376 g/mol. The lowest BCUT2D eigenvalue weighted by molar-refractivity contribution is -0.128. The minimum atomic E-state index is -0.577. The number of nitriles is 1. The summed E-state index contributed by atoms with van der Waals surface area (Å²) < 4.78 is 0. The molecule has 2 heterocycles. The van der Waals surface area contributed by atoms with Gasteiger partial charge in [0.15, 0.2) is 0 Å². The Morgan fingerprint density at radius 3 is 2.96 bits per heavy atom. The molecule has 3 rings (SSSR count). The van der Waals surface area contributed by atoms with E-state index < -0.39 is 6.10 Å². The van der Waals surface area contributed by atoms with Crippen molar-refractivity contribution in [3.63, 3.8) is 0 Å². The quantitative estimate of drug-likeness (QED) is 0.801. The predicted molar refractivity (Wildman–Crippen MR) is 105 cm³/mol. The molecule has 0 bridgehead atoms. The number of nitrogens with zero attached hydrogens (tertiary/aromatic N) is 2. The van der Waals surface area contributed by atoms with E-state index in [9.17, 15) is 15.2 Å². The third-order valence-corrected chi connectivity index (χ3v) is 7.01. The molecule has 1 amide bonds. The fourth-order valence-corrected chi connectivity index (χ4v) is 5.38. The molecule has 1 saturated heterocycles. The minimum absolute atomic E-state index is 0.0659. The number of carbonyl (C=O) groups excluding carboxylic acids is 1. The van der Waals surface area contributed by atoms with Crippen LogP contribution in [0.1, 0.15) is 62.0 Å². The topological polar surface area (TPSA) is 76.4 Å². The molecule has 26 heavy (non-hydrogen) atoms. The molecule has 0 spiro atoms. The summed E-state index contributed by atoms with van der Waals surface area (Å²) in [7, 11) is 0. The molecule has 1 aromatic heterocycles. The van der Waals surface area contributed by atoms with Crippen LogP contribution >= 0.6 is 11.3 Å². The zero-order valence-electron chi connectivity index (χ0n) is 15.8. The highest BCUT2D eigenvalue weighted by atomic mass is 32.1. The van der Waals surface area contributed by atoms with Crippen LogP contribution in [-0.4, -0.2) is 36.2 Å². The van der Waals surface area contributed by atoms with Gasteiger partial charge in [-0.05, 0) is 44.1 Å². The van der Waals surface area contributed by atoms with Crippen molar-refractivity contribution < 1.29 is 9.90 Å². The zero-order valence-corrected chi connectivity index (χ0v) is 16.6. The van der Waals surface area contributed by atoms with Crippen molar-refractivity contribution in [2.24, 2.45) is 5.92 Å². The number of aliphatic hydroxyl groups excluding tert-OH is 1. The Morgan fingerprint density at radius 2 is 2.23 bits per heavy atom. The van der Waals surface area contributed by atoms with E-state index in [0.717, 1.165) is 49.3 Å². The van der Waals surface area contributed by atoms with Crippen LogP contribution in [0, 0.1) is 17.2 Å². The van der Waals surface area contributed by atoms with Gasteiger partial charge in [0.25, 0.3) is 0 Å². The van der Waals surface area contributed by atoms with Gasteiger partial charge in [-0.2, -0.15) is 5.26 Å². The Hall–Kier alpha value is -1.58. The summed E-state index contributed by atoms with van der Waals surface area (Å²) in [5, 5.41) is 23.9. The third kappa shape index (κ3) is 3.89. The van der Waals surface area contributed by atoms with Crippen molar-refractivity contribution in [2.45, 2.75) is 70.9 Å². The molecule has 6 heteroatoms. The summed E-state index contributed by atoms with van der Waals surface area (Å²) >= 11 is 1.77. The number of aryl methyl sites for hydroxylation is 1. The summed E-state index contributed by atoms with van der Waals surface area (Å²) in [6, 6.07) is 2.52. The standard InChI is InChI=1S/C20H29N3O2S/c1-3-6-17(24)13(2)19(25)22-14-9-10-23(12-14)20-16(11-21)15-7-4-5-8-18(15)26-20/h13-14,17,24H,3-10,12H2,1-2H3,(H,22,25)/t13-,14-,17+/m0/s1. The normalized spacial score (nSPS) is 21.8. The molecule has 5 nitrogen and oxygen atoms in total. The summed E-state index contributed by atoms with van der Waals surface area (Å²) in [5.41, 5.74) is 2.13. The van der Waals surface area contributed by atoms with Gasteiger partial charge in [0, 0.05) is 24.0 Å². The molecule has 2 aliphatic rings. The molecular weight excluding hydrogens is 346 g/mol. The van der Waals surface area contributed by atoms with Crippen molar-refractivity contribution >= 4 is 22.2 Å². The van der Waals surface area contributed by atoms with Crippen LogP contribution in [0.25, 0.3) is 0 Å². The van der Waals surface area contributed by atoms with Gasteiger partial charge in [0.05, 0.1) is 17.6 Å². The molecule has 1 aromatic rings. The first-order valence-electron chi connectivity index (χ1n) is 9.83. The number of aliphatic hydroxyl groups is 1. The maximum atomic E-state index is 12.4. The van der Waals surface area contributed by atoms with Crippen LogP contribution in [0.4, 0.5) is 5.00 Å². The zero-order chi connectivity index (χ0) is 18.7. The first kappa shape index (κ1) is 19.2. The minimum Gasteiger partial charge on any atom is -0.392 e. The number of nitrogens with one attached hydrogen (secondary N) is 1. The molecule has 142 valence electrons. The van der Waals surface area contributed by atoms with E-state index in [-0.39, 0.29) is 17.9 Å². The van der Waals surface area contributed by atoms with E-state index >= 15 is 0 Å². The monoisotopic (exact) mass is 375 g/mol. The smallest absolute Gasteiger partial charge is 0.225 e. The summed E-state index contributed by atoms with van der Waals surface area (Å²) in [5.74, 6) is -0.448. The lowest BCUT2D eigenvalue weighted by atomic mass is 9.96. The molecule has 3 atom stereocenters. The Balaban J connectivity index is 1.63. The van der Waals surface area contributed by atoms with Crippen molar-refractivity contribution in [3.8, 4) is 6.07 Å². The number of amides is 1. The Bertz CT molecular complexity index is 694. The van der Waals surface area contributed by atoms with Gasteiger partial charge in [-0.25, -0.2) is 0 Å². The highest BCUT2D eigenvalue weighted by Crippen LogP contribution is 2.40. The number of anilines is 1. The van der Waals surface area contributed by atoms with Crippen molar-refractivity contribution in [2.75, 3.05) is 18.0 Å². The number of thiophene rings is 1. The second-order valence-electron chi connectivity index (χ2n) is 7.59. The van der Waals surface area contributed by atoms with Crippen molar-refractivity contribution in [1.29, 1.82) is 5.26 Å². The molecule has 0 aromatic carbocycles. The SMILES string of the molecule is CCC[C@@H](O)[C@H](C)C(=O)N[C@H]1CCN(c2sc3c(c2C#N)CCCC3)C1. The van der Waals surface area contributed by atoms with Gasteiger partial charge in [-0.15, -0.1) is 11.3 Å². The van der Waals surface area contributed by atoms with Crippen LogP contribution in [0.3, 0.4) is 0 Å². The highest BCUT2D eigenvalue weighted by molar-refractivity contribution is 7.16. The second kappa shape index (κ2) is 8.41. The van der Waals surface area contributed by atoms with E-state index in [1.807, 2.05) is 6.92 Å². The van der Waals surface area contributed by atoms with E-state index in [1.54, 1.807) is 18.3 Å². The predicted octanol–water partition coefficient (Wildman–Crippen LogP) is 2.99. The van der Waals surface area contributed by atoms with E-state index in [1.165, 1.54) is 23.3 Å². The van der Waals surface area contributed by atoms with Crippen LogP contribution in [-0.2, 0) is 17.6 Å². The largest absolute Gasteiger partial charge is 0.392 e. The number of carbonyl (C=O) groups is 1. The van der Waals surface area contributed by atoms with Crippen LogP contribution in [0.2, 0.25) is 0 Å². The van der Waals surface area contributed by atoms with Crippen molar-refractivity contribution in [3.05, 3.63) is 16.0 Å². The fraction of sp³-hybridized carbons (Fsp3) is 0.700. The molecule has 1 aliphatic carbocycles. The second-order valence-corrected chi connectivity index (χ2v) is 8.67. The first-order chi connectivity index (χ1) is 12.5. The fourth-order valence-electron chi connectivity index (χ4n) is 4.01. The van der Waals surface area contributed by atoms with Gasteiger partial charge in [0.1, 0.15) is 11.1 Å². The van der Waals surface area contributed by atoms with E-state index in [2.05, 4.69) is 16.3 Å². The maximum absolute atomic E-state index is 12.4. The van der Waals surface area contributed by atoms with Gasteiger partial charge in [-0.3, -0.25) is 4.79 Å². The average Bonchev–Trinajstić information content (AvgIpc) is 3.24. The lowest BCUT2D eigenvalue weighted by Gasteiger charge is -2.21. The number of hydrogen-bond acceptors (Lipinski definition) is 5. The van der Waals surface area contributed by atoms with Crippen molar-refractivity contribution in [1.82, 2.24) is 5.32 Å². The molecular formula is C20H29N3O2S. The number of hydrogen-bond donors (Lipinski definition) is 2. The highest BCUT2D eigenvalue weighted by Gasteiger charge is 2.31. The van der Waals surface area contributed by atoms with Crippen LogP contribution in [0.15, 0.2) is 0 Å². The summed E-state index contributed by atoms with van der Waals surface area (Å²) in [6.45, 7) is 5.42. The molecule has 0 unspecified atom stereocenters. The Kier molecular flexibility index (Phi) is 6.20. The van der Waals surface area contributed by atoms with Gasteiger partial charge in [0.2, 0.25) is 5.91 Å². The van der Waals surface area contributed by atoms with Crippen LogP contribution < -0.4 is 10.2 Å². The lowest BCUT2D eigenvalue weighted by Crippen LogP contribution is -2.43. The molecule has 1 aliphatic heterocycles.